The highest BCUT2D eigenvalue weighted by atomic mass is 32.1. The molecule has 0 saturated heterocycles. The summed E-state index contributed by atoms with van der Waals surface area (Å²) in [7, 11) is 1.79. The predicted molar refractivity (Wildman–Crippen MR) is 122 cm³/mol. The number of ether oxygens (including phenoxy) is 1. The van der Waals surface area contributed by atoms with Crippen LogP contribution in [0.3, 0.4) is 0 Å². The van der Waals surface area contributed by atoms with Crippen molar-refractivity contribution in [2.75, 3.05) is 26.8 Å². The third-order valence-corrected chi connectivity index (χ3v) is 6.65. The largest absolute Gasteiger partial charge is 0.385 e. The number of hydrogen-bond acceptors (Lipinski definition) is 4. The van der Waals surface area contributed by atoms with Crippen molar-refractivity contribution >= 4 is 17.3 Å². The molecule has 1 aromatic carbocycles. The van der Waals surface area contributed by atoms with Crippen LogP contribution in [-0.2, 0) is 24.1 Å². The van der Waals surface area contributed by atoms with Gasteiger partial charge < -0.3 is 15.4 Å². The van der Waals surface area contributed by atoms with E-state index in [1.807, 2.05) is 0 Å². The molecule has 0 amide bonds. The first-order chi connectivity index (χ1) is 14.2. The number of aliphatic imine (C=N–C) groups is 1. The molecule has 0 bridgehead atoms. The summed E-state index contributed by atoms with van der Waals surface area (Å²) in [5, 5.41) is 10.2. The first-order valence-electron chi connectivity index (χ1n) is 10.7. The number of methoxy groups -OCH3 is 1. The highest BCUT2D eigenvalue weighted by Gasteiger charge is 2.36. The maximum Gasteiger partial charge on any atom is 0.191 e. The number of nitrogens with one attached hydrogen (secondary N) is 2. The molecule has 0 unspecified atom stereocenters. The molecular weight excluding hydrogens is 380 g/mol. The van der Waals surface area contributed by atoms with Crippen LogP contribution < -0.4 is 10.6 Å². The van der Waals surface area contributed by atoms with Gasteiger partial charge in [-0.2, -0.15) is 0 Å². The number of benzene rings is 1. The third-order valence-electron chi connectivity index (χ3n) is 5.69. The molecule has 158 valence electrons. The summed E-state index contributed by atoms with van der Waals surface area (Å²) in [4.78, 5) is 9.54. The lowest BCUT2D eigenvalue weighted by Gasteiger charge is -2.42. The number of thiazole rings is 1. The summed E-state index contributed by atoms with van der Waals surface area (Å²) in [5.74, 6) is 0.884. The van der Waals surface area contributed by atoms with E-state index in [1.165, 1.54) is 29.8 Å². The fourth-order valence-corrected chi connectivity index (χ4v) is 4.51. The van der Waals surface area contributed by atoms with Gasteiger partial charge in [-0.3, -0.25) is 0 Å². The summed E-state index contributed by atoms with van der Waals surface area (Å²) < 4.78 is 5.30. The van der Waals surface area contributed by atoms with E-state index in [9.17, 15) is 0 Å². The summed E-state index contributed by atoms with van der Waals surface area (Å²) >= 11 is 1.74. The van der Waals surface area contributed by atoms with E-state index in [2.05, 4.69) is 53.3 Å². The molecule has 2 N–H and O–H groups in total. The van der Waals surface area contributed by atoms with E-state index in [1.54, 1.807) is 18.4 Å². The van der Waals surface area contributed by atoms with Gasteiger partial charge in [0.1, 0.15) is 0 Å². The molecule has 3 rings (SSSR count). The molecule has 1 aliphatic rings. The van der Waals surface area contributed by atoms with Gasteiger partial charge in [0.25, 0.3) is 0 Å². The molecule has 2 aromatic rings. The van der Waals surface area contributed by atoms with Gasteiger partial charge in [-0.1, -0.05) is 36.8 Å². The normalized spacial score (nSPS) is 15.7. The van der Waals surface area contributed by atoms with Gasteiger partial charge in [-0.25, -0.2) is 9.98 Å². The van der Waals surface area contributed by atoms with Crippen LogP contribution in [0.5, 0.6) is 0 Å². The Balaban J connectivity index is 1.50. The number of guanidine groups is 1. The van der Waals surface area contributed by atoms with Crippen LogP contribution in [0.25, 0.3) is 0 Å². The van der Waals surface area contributed by atoms with Crippen LogP contribution in [0.15, 0.2) is 40.7 Å². The van der Waals surface area contributed by atoms with Crippen molar-refractivity contribution in [3.63, 3.8) is 0 Å². The minimum atomic E-state index is 0.372. The first-order valence-corrected chi connectivity index (χ1v) is 11.6. The Labute approximate surface area is 179 Å². The molecule has 0 radical (unpaired) electrons. The average Bonchev–Trinajstić information content (AvgIpc) is 3.18. The molecule has 1 heterocycles. The number of aryl methyl sites for hydroxylation is 2. The molecule has 1 aliphatic carbocycles. The summed E-state index contributed by atoms with van der Waals surface area (Å²) in [6.45, 7) is 5.37. The third kappa shape index (κ3) is 6.82. The van der Waals surface area contributed by atoms with Crippen molar-refractivity contribution in [3.8, 4) is 0 Å². The van der Waals surface area contributed by atoms with Gasteiger partial charge >= 0.3 is 0 Å². The van der Waals surface area contributed by atoms with E-state index in [-0.39, 0.29) is 0 Å². The highest BCUT2D eigenvalue weighted by Crippen LogP contribution is 2.43. The van der Waals surface area contributed by atoms with E-state index >= 15 is 0 Å². The van der Waals surface area contributed by atoms with E-state index < -0.39 is 0 Å². The summed E-state index contributed by atoms with van der Waals surface area (Å²) in [6.07, 6.45) is 7.01. The lowest BCUT2D eigenvalue weighted by atomic mass is 9.67. The summed E-state index contributed by atoms with van der Waals surface area (Å²) in [5.41, 5.74) is 2.78. The van der Waals surface area contributed by atoms with Crippen LogP contribution in [0.4, 0.5) is 0 Å². The number of nitrogens with zero attached hydrogens (tertiary/aromatic N) is 2. The minimum absolute atomic E-state index is 0.372. The lowest BCUT2D eigenvalue weighted by Crippen LogP contribution is -2.46. The second kappa shape index (κ2) is 11.3. The Morgan fingerprint density at radius 2 is 2.03 bits per heavy atom. The van der Waals surface area contributed by atoms with Crippen LogP contribution in [0.1, 0.15) is 48.9 Å². The van der Waals surface area contributed by atoms with Gasteiger partial charge in [0.2, 0.25) is 0 Å². The average molecular weight is 415 g/mol. The van der Waals surface area contributed by atoms with E-state index in [4.69, 9.17) is 14.7 Å². The topological polar surface area (TPSA) is 58.5 Å². The molecule has 0 atom stereocenters. The molecule has 1 saturated carbocycles. The number of rotatable bonds is 11. The van der Waals surface area contributed by atoms with Crippen molar-refractivity contribution in [2.45, 2.75) is 52.0 Å². The maximum atomic E-state index is 5.30. The monoisotopic (exact) mass is 414 g/mol. The highest BCUT2D eigenvalue weighted by molar-refractivity contribution is 7.09. The minimum Gasteiger partial charge on any atom is -0.385 e. The fourth-order valence-electron chi connectivity index (χ4n) is 3.72. The van der Waals surface area contributed by atoms with Crippen molar-refractivity contribution < 1.29 is 4.74 Å². The second-order valence-electron chi connectivity index (χ2n) is 7.86. The van der Waals surface area contributed by atoms with Gasteiger partial charge in [0.05, 0.1) is 17.2 Å². The SMILES string of the molecule is CCNC(=NCc1csc(CCc2ccccc2)n1)NCC1(CCOC)CCC1. The van der Waals surface area contributed by atoms with Gasteiger partial charge in [-0.05, 0) is 43.6 Å². The van der Waals surface area contributed by atoms with Gasteiger partial charge in [0.15, 0.2) is 5.96 Å². The molecule has 1 fully saturated rings. The van der Waals surface area contributed by atoms with Crippen LogP contribution in [0, 0.1) is 5.41 Å². The van der Waals surface area contributed by atoms with Gasteiger partial charge in [0, 0.05) is 38.6 Å². The predicted octanol–water partition coefficient (Wildman–Crippen LogP) is 4.19. The molecule has 1 aromatic heterocycles. The van der Waals surface area contributed by atoms with Crippen LogP contribution in [-0.4, -0.2) is 37.7 Å². The molecule has 29 heavy (non-hydrogen) atoms. The molecule has 0 aliphatic heterocycles. The zero-order chi connectivity index (χ0) is 20.4. The van der Waals surface area contributed by atoms with Crippen molar-refractivity contribution in [3.05, 3.63) is 52.0 Å². The Bertz CT molecular complexity index is 755. The zero-order valence-electron chi connectivity index (χ0n) is 17.7. The molecule has 5 nitrogen and oxygen atoms in total. The van der Waals surface area contributed by atoms with Gasteiger partial charge in [-0.15, -0.1) is 11.3 Å². The fraction of sp³-hybridized carbons (Fsp3) is 0.565. The number of hydrogen-bond donors (Lipinski definition) is 2. The van der Waals surface area contributed by atoms with Crippen molar-refractivity contribution in [1.29, 1.82) is 0 Å². The van der Waals surface area contributed by atoms with Crippen molar-refractivity contribution in [2.24, 2.45) is 10.4 Å². The second-order valence-corrected chi connectivity index (χ2v) is 8.81. The Morgan fingerprint density at radius 3 is 2.72 bits per heavy atom. The Kier molecular flexibility index (Phi) is 8.50. The molecule has 6 heteroatoms. The number of aromatic nitrogens is 1. The molecular formula is C23H34N4OS. The lowest BCUT2D eigenvalue weighted by molar-refractivity contribution is 0.0732. The zero-order valence-corrected chi connectivity index (χ0v) is 18.6. The van der Waals surface area contributed by atoms with E-state index in [0.717, 1.165) is 50.6 Å². The Morgan fingerprint density at radius 1 is 1.21 bits per heavy atom. The first kappa shape index (κ1) is 21.8. The van der Waals surface area contributed by atoms with Crippen LogP contribution >= 0.6 is 11.3 Å². The van der Waals surface area contributed by atoms with Crippen molar-refractivity contribution in [1.82, 2.24) is 15.6 Å². The molecule has 0 spiro atoms. The maximum absolute atomic E-state index is 5.30. The van der Waals surface area contributed by atoms with Crippen LogP contribution in [0.2, 0.25) is 0 Å². The smallest absolute Gasteiger partial charge is 0.191 e. The quantitative estimate of drug-likeness (QED) is 0.428. The van der Waals surface area contributed by atoms with E-state index in [0.29, 0.717) is 12.0 Å². The Hall–Kier alpha value is -1.92. The summed E-state index contributed by atoms with van der Waals surface area (Å²) in [6, 6.07) is 10.6. The standard InChI is InChI=1S/C23H34N4OS/c1-3-24-22(26-18-23(12-7-13-23)14-15-28-2)25-16-20-17-29-21(27-20)11-10-19-8-5-4-6-9-19/h4-6,8-9,17H,3,7,10-16,18H2,1-2H3,(H2,24,25,26).